The number of nitrogens with one attached hydrogen (secondary N) is 1. The van der Waals surface area contributed by atoms with Crippen molar-refractivity contribution >= 4 is 17.3 Å². The van der Waals surface area contributed by atoms with Crippen LogP contribution in [0.3, 0.4) is 0 Å². The lowest BCUT2D eigenvalue weighted by Crippen LogP contribution is -3.10. The third-order valence-electron chi connectivity index (χ3n) is 4.23. The minimum Gasteiger partial charge on any atom is -1.00 e. The average molecular weight is 366 g/mol. The molecule has 1 N–H and O–H groups in total. The second-order valence-electron chi connectivity index (χ2n) is 5.71. The van der Waals surface area contributed by atoms with Gasteiger partial charge in [0.25, 0.3) is 11.6 Å². The molecular formula is C17H17ClFN3O3. The number of hydrogen-bond acceptors (Lipinski definition) is 3. The molecule has 1 fully saturated rings. The molecule has 1 saturated heterocycles. The van der Waals surface area contributed by atoms with E-state index in [4.69, 9.17) is 0 Å². The highest BCUT2D eigenvalue weighted by molar-refractivity contribution is 5.94. The van der Waals surface area contributed by atoms with Gasteiger partial charge in [-0.25, -0.2) is 4.39 Å². The number of nitro benzene ring substituents is 1. The number of nitrogens with zero attached hydrogens (tertiary/aromatic N) is 2. The van der Waals surface area contributed by atoms with E-state index in [1.165, 1.54) is 41.3 Å². The molecule has 0 radical (unpaired) electrons. The van der Waals surface area contributed by atoms with E-state index in [1.54, 1.807) is 17.0 Å². The van der Waals surface area contributed by atoms with Gasteiger partial charge in [-0.05, 0) is 24.3 Å². The van der Waals surface area contributed by atoms with Gasteiger partial charge in [-0.1, -0.05) is 0 Å². The van der Waals surface area contributed by atoms with Crippen LogP contribution in [0.25, 0.3) is 0 Å². The minimum absolute atomic E-state index is 0. The van der Waals surface area contributed by atoms with Crippen molar-refractivity contribution < 1.29 is 31.4 Å². The van der Waals surface area contributed by atoms with Gasteiger partial charge < -0.3 is 17.3 Å². The van der Waals surface area contributed by atoms with E-state index in [-0.39, 0.29) is 29.8 Å². The lowest BCUT2D eigenvalue weighted by atomic mass is 10.1. The fraction of sp³-hybridized carbons (Fsp3) is 0.235. The molecule has 2 aromatic carbocycles. The highest BCUT2D eigenvalue weighted by Crippen LogP contribution is 2.13. The lowest BCUT2D eigenvalue weighted by molar-refractivity contribution is -0.837. The summed E-state index contributed by atoms with van der Waals surface area (Å²) in [5, 5.41) is 10.7. The number of carbonyl (C=O) groups is 1. The first-order chi connectivity index (χ1) is 11.5. The van der Waals surface area contributed by atoms with Gasteiger partial charge in [0.05, 0.1) is 31.1 Å². The van der Waals surface area contributed by atoms with Crippen molar-refractivity contribution in [1.82, 2.24) is 4.90 Å². The van der Waals surface area contributed by atoms with Crippen molar-refractivity contribution in [1.29, 1.82) is 0 Å². The van der Waals surface area contributed by atoms with Gasteiger partial charge in [0, 0.05) is 29.8 Å². The molecule has 0 aliphatic carbocycles. The first kappa shape index (κ1) is 18.8. The molecule has 1 aliphatic rings. The molecule has 2 aromatic rings. The Bertz CT molecular complexity index is 745. The second kappa shape index (κ2) is 8.04. The fourth-order valence-electron chi connectivity index (χ4n) is 2.86. The van der Waals surface area contributed by atoms with Crippen LogP contribution in [0.1, 0.15) is 10.4 Å². The van der Waals surface area contributed by atoms with E-state index in [1.807, 2.05) is 0 Å². The van der Waals surface area contributed by atoms with Crippen molar-refractivity contribution in [2.45, 2.75) is 0 Å². The molecule has 1 aliphatic heterocycles. The third-order valence-corrected chi connectivity index (χ3v) is 4.23. The summed E-state index contributed by atoms with van der Waals surface area (Å²) < 4.78 is 12.9. The van der Waals surface area contributed by atoms with Crippen molar-refractivity contribution in [2.24, 2.45) is 0 Å². The van der Waals surface area contributed by atoms with E-state index >= 15 is 0 Å². The highest BCUT2D eigenvalue weighted by Gasteiger charge is 2.26. The number of quaternary nitrogens is 1. The Hall–Kier alpha value is -2.51. The van der Waals surface area contributed by atoms with Crippen LogP contribution in [0.5, 0.6) is 0 Å². The standard InChI is InChI=1S/C17H16FN3O3.ClH/c18-14-3-1-13(2-4-14)17(22)20-11-9-19(10-12-20)15-5-7-16(8-6-15)21(23)24;/h1-8H,9-12H2;1H. The predicted octanol–water partition coefficient (Wildman–Crippen LogP) is -1.59. The average Bonchev–Trinajstić information content (AvgIpc) is 2.62. The van der Waals surface area contributed by atoms with Crippen LogP contribution in [-0.2, 0) is 0 Å². The molecule has 0 aromatic heterocycles. The van der Waals surface area contributed by atoms with Crippen LogP contribution in [0.15, 0.2) is 48.5 Å². The molecule has 0 bridgehead atoms. The summed E-state index contributed by atoms with van der Waals surface area (Å²) in [6.07, 6.45) is 0. The molecule has 0 unspecified atom stereocenters. The zero-order valence-electron chi connectivity index (χ0n) is 13.3. The van der Waals surface area contributed by atoms with Crippen LogP contribution in [0.2, 0.25) is 0 Å². The number of piperazine rings is 1. The molecule has 1 amide bonds. The van der Waals surface area contributed by atoms with Gasteiger partial charge in [-0.15, -0.1) is 0 Å². The van der Waals surface area contributed by atoms with Crippen molar-refractivity contribution in [3.8, 4) is 0 Å². The van der Waals surface area contributed by atoms with Gasteiger partial charge >= 0.3 is 0 Å². The number of benzene rings is 2. The first-order valence-corrected chi connectivity index (χ1v) is 7.69. The Labute approximate surface area is 150 Å². The van der Waals surface area contributed by atoms with Gasteiger partial charge in [0.15, 0.2) is 0 Å². The van der Waals surface area contributed by atoms with Gasteiger partial charge in [0.2, 0.25) is 0 Å². The molecule has 3 rings (SSSR count). The third kappa shape index (κ3) is 4.32. The largest absolute Gasteiger partial charge is 1.00 e. The predicted molar refractivity (Wildman–Crippen MR) is 85.8 cm³/mol. The van der Waals surface area contributed by atoms with E-state index in [0.29, 0.717) is 18.7 Å². The summed E-state index contributed by atoms with van der Waals surface area (Å²) in [4.78, 5) is 25.6. The molecule has 0 spiro atoms. The highest BCUT2D eigenvalue weighted by atomic mass is 35.5. The van der Waals surface area contributed by atoms with Crippen LogP contribution < -0.4 is 17.3 Å². The van der Waals surface area contributed by atoms with Gasteiger partial charge in [-0.2, -0.15) is 0 Å². The number of non-ortho nitro benzene ring substituents is 1. The summed E-state index contributed by atoms with van der Waals surface area (Å²) in [7, 11) is 0. The SMILES string of the molecule is O=C(c1ccc(F)cc1)N1CC[NH+](c2ccc([N+](=O)[O-])cc2)CC1.[Cl-]. The van der Waals surface area contributed by atoms with Crippen LogP contribution >= 0.6 is 0 Å². The Kier molecular flexibility index (Phi) is 6.06. The van der Waals surface area contributed by atoms with E-state index in [2.05, 4.69) is 0 Å². The normalized spacial score (nSPS) is 14.7. The van der Waals surface area contributed by atoms with Gasteiger partial charge in [-0.3, -0.25) is 19.8 Å². The van der Waals surface area contributed by atoms with E-state index in [0.717, 1.165) is 18.8 Å². The van der Waals surface area contributed by atoms with Crippen LogP contribution in [0.4, 0.5) is 15.8 Å². The van der Waals surface area contributed by atoms with E-state index in [9.17, 15) is 19.3 Å². The number of halogens is 2. The topological polar surface area (TPSA) is 67.9 Å². The summed E-state index contributed by atoms with van der Waals surface area (Å²) in [6, 6.07) is 12.1. The number of hydrogen-bond donors (Lipinski definition) is 1. The second-order valence-corrected chi connectivity index (χ2v) is 5.71. The summed E-state index contributed by atoms with van der Waals surface area (Å²) >= 11 is 0. The Morgan fingerprint density at radius 3 is 2.12 bits per heavy atom. The molecule has 25 heavy (non-hydrogen) atoms. The molecule has 8 heteroatoms. The summed E-state index contributed by atoms with van der Waals surface area (Å²) in [5.41, 5.74) is 1.54. The number of carbonyl (C=O) groups excluding carboxylic acids is 1. The lowest BCUT2D eigenvalue weighted by Gasteiger charge is -2.32. The van der Waals surface area contributed by atoms with Crippen LogP contribution in [0, 0.1) is 15.9 Å². The molecule has 0 saturated carbocycles. The summed E-state index contributed by atoms with van der Waals surface area (Å²) in [6.45, 7) is 2.63. The zero-order valence-corrected chi connectivity index (χ0v) is 14.1. The molecule has 0 atom stereocenters. The van der Waals surface area contributed by atoms with Crippen molar-refractivity contribution in [2.75, 3.05) is 26.2 Å². The maximum absolute atomic E-state index is 12.9. The van der Waals surface area contributed by atoms with Crippen molar-refractivity contribution in [3.05, 3.63) is 70.0 Å². The fourth-order valence-corrected chi connectivity index (χ4v) is 2.86. The van der Waals surface area contributed by atoms with Crippen molar-refractivity contribution in [3.63, 3.8) is 0 Å². The Morgan fingerprint density at radius 1 is 1.04 bits per heavy atom. The van der Waals surface area contributed by atoms with Gasteiger partial charge in [0.1, 0.15) is 11.5 Å². The maximum atomic E-state index is 12.9. The minimum atomic E-state index is -0.418. The number of rotatable bonds is 3. The Morgan fingerprint density at radius 2 is 1.60 bits per heavy atom. The zero-order chi connectivity index (χ0) is 17.1. The Balaban J connectivity index is 0.00000225. The molecule has 6 nitrogen and oxygen atoms in total. The first-order valence-electron chi connectivity index (χ1n) is 7.69. The molecule has 1 heterocycles. The number of amides is 1. The molecule has 132 valence electrons. The summed E-state index contributed by atoms with van der Waals surface area (Å²) in [5.74, 6) is -0.461. The van der Waals surface area contributed by atoms with E-state index < -0.39 is 4.92 Å². The smallest absolute Gasteiger partial charge is 0.269 e. The van der Waals surface area contributed by atoms with Crippen LogP contribution in [-0.4, -0.2) is 41.9 Å². The molecular weight excluding hydrogens is 349 g/mol. The number of nitro groups is 1. The quantitative estimate of drug-likeness (QED) is 0.527. The maximum Gasteiger partial charge on any atom is 0.269 e. The monoisotopic (exact) mass is 365 g/mol.